The molecule has 6 nitrogen and oxygen atoms in total. The third-order valence-electron chi connectivity index (χ3n) is 3.38. The van der Waals surface area contributed by atoms with Gasteiger partial charge in [-0.15, -0.1) is 11.8 Å². The summed E-state index contributed by atoms with van der Waals surface area (Å²) in [5, 5.41) is 0. The van der Waals surface area contributed by atoms with Gasteiger partial charge in [-0.2, -0.15) is 0 Å². The zero-order valence-corrected chi connectivity index (χ0v) is 14.9. The molecule has 0 saturated carbocycles. The summed E-state index contributed by atoms with van der Waals surface area (Å²) in [6.45, 7) is 10.6. The quantitative estimate of drug-likeness (QED) is 0.628. The predicted octanol–water partition coefficient (Wildman–Crippen LogP) is 1.70. The van der Waals surface area contributed by atoms with Crippen LogP contribution in [-0.4, -0.2) is 31.9 Å². The van der Waals surface area contributed by atoms with Crippen molar-refractivity contribution in [1.29, 1.82) is 0 Å². The molecule has 0 aromatic carbocycles. The van der Waals surface area contributed by atoms with Crippen molar-refractivity contribution >= 4 is 0 Å². The zero-order valence-electron chi connectivity index (χ0n) is 14.9. The van der Waals surface area contributed by atoms with Crippen molar-refractivity contribution in [3.8, 4) is 11.8 Å². The van der Waals surface area contributed by atoms with Gasteiger partial charge in [-0.25, -0.2) is 4.98 Å². The largest absolute Gasteiger partial charge is 0.412 e. The van der Waals surface area contributed by atoms with E-state index in [4.69, 9.17) is 0 Å². The SMILES string of the molecule is C.CC#CC.CC1=CC(Cc2cnc[nH]2)CC(C)(C)C1.O.O.O.O. The second kappa shape index (κ2) is 16.2. The molecule has 1 aliphatic carbocycles. The van der Waals surface area contributed by atoms with Crippen molar-refractivity contribution < 1.29 is 21.9 Å². The molecule has 1 aliphatic rings. The molecule has 2 rings (SSSR count). The lowest BCUT2D eigenvalue weighted by atomic mass is 9.72. The molecule has 0 aliphatic heterocycles. The molecule has 0 amide bonds. The summed E-state index contributed by atoms with van der Waals surface area (Å²) in [4.78, 5) is 7.25. The minimum absolute atomic E-state index is 0. The van der Waals surface area contributed by atoms with Crippen LogP contribution >= 0.6 is 0 Å². The molecular formula is C18H38N2O4. The van der Waals surface area contributed by atoms with Gasteiger partial charge >= 0.3 is 0 Å². The number of nitrogens with zero attached hydrogens (tertiary/aromatic N) is 1. The van der Waals surface area contributed by atoms with Gasteiger partial charge in [0.15, 0.2) is 0 Å². The molecule has 0 radical (unpaired) electrons. The van der Waals surface area contributed by atoms with Gasteiger partial charge in [-0.3, -0.25) is 0 Å². The van der Waals surface area contributed by atoms with Gasteiger partial charge in [-0.1, -0.05) is 32.9 Å². The highest BCUT2D eigenvalue weighted by Crippen LogP contribution is 2.38. The van der Waals surface area contributed by atoms with E-state index in [0.717, 1.165) is 6.42 Å². The van der Waals surface area contributed by atoms with Crippen LogP contribution < -0.4 is 0 Å². The van der Waals surface area contributed by atoms with Crippen LogP contribution in [0.25, 0.3) is 0 Å². The van der Waals surface area contributed by atoms with Gasteiger partial charge in [0.1, 0.15) is 0 Å². The van der Waals surface area contributed by atoms with Crippen LogP contribution in [0.4, 0.5) is 0 Å². The Morgan fingerprint density at radius 2 is 1.71 bits per heavy atom. The van der Waals surface area contributed by atoms with Crippen molar-refractivity contribution in [2.45, 2.75) is 61.3 Å². The number of hydrogen-bond donors (Lipinski definition) is 1. The van der Waals surface area contributed by atoms with E-state index < -0.39 is 0 Å². The summed E-state index contributed by atoms with van der Waals surface area (Å²) in [6, 6.07) is 0. The summed E-state index contributed by atoms with van der Waals surface area (Å²) < 4.78 is 0. The van der Waals surface area contributed by atoms with Gasteiger partial charge in [0.05, 0.1) is 6.33 Å². The Labute approximate surface area is 147 Å². The Kier molecular flexibility index (Phi) is 22.9. The number of aromatic amines is 1. The van der Waals surface area contributed by atoms with Crippen LogP contribution in [0, 0.1) is 23.2 Å². The van der Waals surface area contributed by atoms with Gasteiger partial charge in [0.2, 0.25) is 0 Å². The van der Waals surface area contributed by atoms with Crippen LogP contribution in [-0.2, 0) is 6.42 Å². The Hall–Kier alpha value is -1.65. The molecule has 0 spiro atoms. The average Bonchev–Trinajstić information content (AvgIpc) is 2.79. The lowest BCUT2D eigenvalue weighted by molar-refractivity contribution is 0.269. The van der Waals surface area contributed by atoms with Crippen LogP contribution in [0.2, 0.25) is 0 Å². The van der Waals surface area contributed by atoms with E-state index in [1.807, 2.05) is 20.0 Å². The van der Waals surface area contributed by atoms with E-state index in [0.29, 0.717) is 11.3 Å². The number of H-pyrrole nitrogens is 1. The van der Waals surface area contributed by atoms with Crippen molar-refractivity contribution in [3.05, 3.63) is 29.9 Å². The van der Waals surface area contributed by atoms with Gasteiger partial charge in [0.25, 0.3) is 0 Å². The maximum absolute atomic E-state index is 4.07. The molecule has 1 atom stereocenters. The van der Waals surface area contributed by atoms with E-state index in [1.54, 1.807) is 6.33 Å². The lowest BCUT2D eigenvalue weighted by Gasteiger charge is -2.33. The first kappa shape index (κ1) is 33.8. The van der Waals surface area contributed by atoms with E-state index in [2.05, 4.69) is 48.7 Å². The molecule has 9 N–H and O–H groups in total. The number of allylic oxidation sites excluding steroid dienone is 2. The fourth-order valence-corrected chi connectivity index (χ4v) is 2.87. The van der Waals surface area contributed by atoms with Crippen LogP contribution in [0.5, 0.6) is 0 Å². The normalized spacial score (nSPS) is 16.2. The Morgan fingerprint density at radius 1 is 1.17 bits per heavy atom. The van der Waals surface area contributed by atoms with Crippen molar-refractivity contribution in [3.63, 3.8) is 0 Å². The average molecular weight is 347 g/mol. The third kappa shape index (κ3) is 12.9. The first-order valence-corrected chi connectivity index (χ1v) is 6.95. The highest BCUT2D eigenvalue weighted by atomic mass is 16.0. The fourth-order valence-electron chi connectivity index (χ4n) is 2.87. The first-order chi connectivity index (χ1) is 8.96. The fraction of sp³-hybridized carbons (Fsp3) is 0.611. The molecule has 0 bridgehead atoms. The smallest absolute Gasteiger partial charge is 0.0921 e. The Balaban J connectivity index is -0.000000122. The van der Waals surface area contributed by atoms with Gasteiger partial charge in [-0.05, 0) is 51.4 Å². The summed E-state index contributed by atoms with van der Waals surface area (Å²) in [6.07, 6.45) is 9.76. The van der Waals surface area contributed by atoms with E-state index in [1.165, 1.54) is 24.1 Å². The van der Waals surface area contributed by atoms with Crippen LogP contribution in [0.3, 0.4) is 0 Å². The molecule has 1 heterocycles. The summed E-state index contributed by atoms with van der Waals surface area (Å²) in [5.41, 5.74) is 3.25. The molecule has 24 heavy (non-hydrogen) atoms. The highest BCUT2D eigenvalue weighted by Gasteiger charge is 2.27. The number of nitrogens with one attached hydrogen (secondary N) is 1. The minimum atomic E-state index is 0. The van der Waals surface area contributed by atoms with Crippen molar-refractivity contribution in [1.82, 2.24) is 9.97 Å². The van der Waals surface area contributed by atoms with Crippen LogP contribution in [0.1, 0.15) is 60.6 Å². The Bertz CT molecular complexity index is 465. The van der Waals surface area contributed by atoms with E-state index in [9.17, 15) is 0 Å². The number of imidazole rings is 1. The minimum Gasteiger partial charge on any atom is -0.412 e. The second-order valence-electron chi connectivity index (χ2n) is 6.10. The predicted molar refractivity (Wildman–Crippen MR) is 103 cm³/mol. The molecule has 144 valence electrons. The monoisotopic (exact) mass is 346 g/mol. The topological polar surface area (TPSA) is 155 Å². The van der Waals surface area contributed by atoms with Crippen molar-refractivity contribution in [2.24, 2.45) is 11.3 Å². The first-order valence-electron chi connectivity index (χ1n) is 6.95. The zero-order chi connectivity index (χ0) is 14.3. The summed E-state index contributed by atoms with van der Waals surface area (Å²) >= 11 is 0. The van der Waals surface area contributed by atoms with Gasteiger partial charge < -0.3 is 26.9 Å². The maximum atomic E-state index is 4.07. The summed E-state index contributed by atoms with van der Waals surface area (Å²) in [7, 11) is 0. The Morgan fingerprint density at radius 3 is 2.08 bits per heavy atom. The second-order valence-corrected chi connectivity index (χ2v) is 6.10. The lowest BCUT2D eigenvalue weighted by Crippen LogP contribution is -2.22. The molecular weight excluding hydrogens is 308 g/mol. The molecule has 1 aromatic rings. The molecule has 0 saturated heterocycles. The number of rotatable bonds is 2. The number of hydrogen-bond acceptors (Lipinski definition) is 1. The molecule has 0 fully saturated rings. The number of aromatic nitrogens is 2. The molecule has 1 unspecified atom stereocenters. The summed E-state index contributed by atoms with van der Waals surface area (Å²) in [5.74, 6) is 6.04. The standard InChI is InChI=1S/C13H20N2.C4H6.CH4.4H2O/c1-10-4-11(7-13(2,3)6-10)5-12-8-14-9-15-12;1-3-4-2;;;;;/h4,8-9,11H,5-7H2,1-3H3,(H,14,15);1-2H3;1H4;4*1H2. The maximum Gasteiger partial charge on any atom is 0.0921 e. The van der Waals surface area contributed by atoms with E-state index in [-0.39, 0.29) is 29.3 Å². The van der Waals surface area contributed by atoms with Gasteiger partial charge in [0, 0.05) is 11.9 Å². The molecule has 1 aromatic heterocycles. The third-order valence-corrected chi connectivity index (χ3v) is 3.38. The van der Waals surface area contributed by atoms with Crippen LogP contribution in [0.15, 0.2) is 24.2 Å². The van der Waals surface area contributed by atoms with Crippen molar-refractivity contribution in [2.75, 3.05) is 0 Å². The molecule has 6 heteroatoms. The highest BCUT2D eigenvalue weighted by molar-refractivity contribution is 5.12. The van der Waals surface area contributed by atoms with E-state index >= 15 is 0 Å².